The number of benzene rings is 2. The molecule has 3 aromatic rings. The molecule has 0 radical (unpaired) electrons. The summed E-state index contributed by atoms with van der Waals surface area (Å²) in [6.45, 7) is 2.19. The van der Waals surface area contributed by atoms with E-state index in [0.29, 0.717) is 28.2 Å². The zero-order valence-corrected chi connectivity index (χ0v) is 18.2. The van der Waals surface area contributed by atoms with E-state index in [9.17, 15) is 13.2 Å². The third-order valence-corrected chi connectivity index (χ3v) is 6.01. The van der Waals surface area contributed by atoms with Gasteiger partial charge in [-0.15, -0.1) is 10.2 Å². The summed E-state index contributed by atoms with van der Waals surface area (Å²) in [4.78, 5) is 12.5. The molecule has 1 aromatic heterocycles. The molecule has 1 N–H and O–H groups in total. The van der Waals surface area contributed by atoms with Crippen LogP contribution in [0.4, 0.5) is 10.8 Å². The van der Waals surface area contributed by atoms with Gasteiger partial charge in [0.2, 0.25) is 21.1 Å². The molecule has 158 valence electrons. The topological polar surface area (TPSA) is 101 Å². The Morgan fingerprint density at radius 2 is 1.80 bits per heavy atom. The average molecular weight is 447 g/mol. The van der Waals surface area contributed by atoms with Gasteiger partial charge in [-0.3, -0.25) is 14.4 Å². The van der Waals surface area contributed by atoms with Crippen LogP contribution in [-0.4, -0.2) is 43.9 Å². The summed E-state index contributed by atoms with van der Waals surface area (Å²) in [5.41, 5.74) is 1.26. The van der Waals surface area contributed by atoms with Crippen LogP contribution >= 0.6 is 11.3 Å². The molecular formula is C20H22N4O4S2. The number of ether oxygens (including phenoxy) is 1. The summed E-state index contributed by atoms with van der Waals surface area (Å²) >= 11 is 1.22. The number of nitrogens with one attached hydrogen (secondary N) is 1. The van der Waals surface area contributed by atoms with E-state index in [4.69, 9.17) is 4.74 Å². The number of anilines is 2. The lowest BCUT2D eigenvalue weighted by atomic mass is 10.2. The van der Waals surface area contributed by atoms with E-state index in [1.807, 2.05) is 37.3 Å². The summed E-state index contributed by atoms with van der Waals surface area (Å²) < 4.78 is 31.1. The molecule has 3 rings (SSSR count). The number of rotatable bonds is 9. The summed E-state index contributed by atoms with van der Waals surface area (Å²) in [5, 5.41) is 11.6. The molecule has 0 unspecified atom stereocenters. The maximum atomic E-state index is 12.5. The zero-order chi connectivity index (χ0) is 21.6. The standard InChI is InChI=1S/C20H22N4O4S2/c1-3-13-28-17-11-9-16(10-12-17)24(30(2,26)27)14-18(25)21-20-23-22-19(29-20)15-7-5-4-6-8-15/h4-12H,3,13-14H2,1-2H3,(H,21,23,25). The van der Waals surface area contributed by atoms with Crippen LogP contribution in [0, 0.1) is 0 Å². The fourth-order valence-electron chi connectivity index (χ4n) is 2.59. The van der Waals surface area contributed by atoms with Crippen LogP contribution in [0.2, 0.25) is 0 Å². The number of hydrogen-bond acceptors (Lipinski definition) is 7. The Bertz CT molecular complexity index is 1080. The Morgan fingerprint density at radius 3 is 2.43 bits per heavy atom. The Kier molecular flexibility index (Phi) is 7.01. The van der Waals surface area contributed by atoms with Gasteiger partial charge in [-0.25, -0.2) is 8.42 Å². The Morgan fingerprint density at radius 1 is 1.10 bits per heavy atom. The molecule has 30 heavy (non-hydrogen) atoms. The van der Waals surface area contributed by atoms with Gasteiger partial charge in [0.25, 0.3) is 0 Å². The molecule has 0 bridgehead atoms. The van der Waals surface area contributed by atoms with Crippen LogP contribution < -0.4 is 14.4 Å². The summed E-state index contributed by atoms with van der Waals surface area (Å²) in [6.07, 6.45) is 1.93. The highest BCUT2D eigenvalue weighted by molar-refractivity contribution is 7.92. The molecule has 0 fully saturated rings. The summed E-state index contributed by atoms with van der Waals surface area (Å²) in [7, 11) is -3.67. The van der Waals surface area contributed by atoms with Gasteiger partial charge in [-0.1, -0.05) is 48.6 Å². The van der Waals surface area contributed by atoms with Crippen molar-refractivity contribution in [2.24, 2.45) is 0 Å². The normalized spacial score (nSPS) is 11.1. The maximum Gasteiger partial charge on any atom is 0.246 e. The Hall–Kier alpha value is -2.98. The molecule has 8 nitrogen and oxygen atoms in total. The predicted molar refractivity (Wildman–Crippen MR) is 118 cm³/mol. The molecule has 0 aliphatic rings. The lowest BCUT2D eigenvalue weighted by Gasteiger charge is -2.21. The molecule has 10 heteroatoms. The number of sulfonamides is 1. The second kappa shape index (κ2) is 9.68. The molecule has 0 saturated heterocycles. The van der Waals surface area contributed by atoms with Crippen molar-refractivity contribution in [3.63, 3.8) is 0 Å². The SMILES string of the molecule is CCCOc1ccc(N(CC(=O)Nc2nnc(-c3ccccc3)s2)S(C)(=O)=O)cc1. The van der Waals surface area contributed by atoms with Crippen LogP contribution in [-0.2, 0) is 14.8 Å². The lowest BCUT2D eigenvalue weighted by molar-refractivity contribution is -0.114. The van der Waals surface area contributed by atoms with Crippen molar-refractivity contribution >= 4 is 38.1 Å². The molecule has 0 aliphatic heterocycles. The van der Waals surface area contributed by atoms with Gasteiger partial charge >= 0.3 is 0 Å². The highest BCUT2D eigenvalue weighted by atomic mass is 32.2. The van der Waals surface area contributed by atoms with Gasteiger partial charge in [0.1, 0.15) is 17.3 Å². The van der Waals surface area contributed by atoms with E-state index in [1.165, 1.54) is 11.3 Å². The fraction of sp³-hybridized carbons (Fsp3) is 0.250. The van der Waals surface area contributed by atoms with Crippen LogP contribution in [0.5, 0.6) is 5.75 Å². The first kappa shape index (κ1) is 21.7. The Balaban J connectivity index is 1.70. The van der Waals surface area contributed by atoms with Gasteiger partial charge in [-0.2, -0.15) is 0 Å². The van der Waals surface area contributed by atoms with Crippen molar-refractivity contribution in [3.05, 3.63) is 54.6 Å². The molecule has 0 spiro atoms. The van der Waals surface area contributed by atoms with Crippen LogP contribution in [0.1, 0.15) is 13.3 Å². The molecule has 0 atom stereocenters. The number of amides is 1. The van der Waals surface area contributed by atoms with Crippen LogP contribution in [0.25, 0.3) is 10.6 Å². The smallest absolute Gasteiger partial charge is 0.246 e. The zero-order valence-electron chi connectivity index (χ0n) is 16.6. The molecule has 2 aromatic carbocycles. The lowest BCUT2D eigenvalue weighted by Crippen LogP contribution is -2.37. The highest BCUT2D eigenvalue weighted by Crippen LogP contribution is 2.26. The minimum Gasteiger partial charge on any atom is -0.494 e. The van der Waals surface area contributed by atoms with Gasteiger partial charge in [0.05, 0.1) is 18.6 Å². The minimum absolute atomic E-state index is 0.301. The quantitative estimate of drug-likeness (QED) is 0.541. The van der Waals surface area contributed by atoms with E-state index in [2.05, 4.69) is 15.5 Å². The predicted octanol–water partition coefficient (Wildman–Crippen LogP) is 3.40. The second-order valence-electron chi connectivity index (χ2n) is 6.44. The minimum atomic E-state index is -3.67. The molecular weight excluding hydrogens is 424 g/mol. The van der Waals surface area contributed by atoms with Crippen LogP contribution in [0.15, 0.2) is 54.6 Å². The number of hydrogen-bond donors (Lipinski definition) is 1. The maximum absolute atomic E-state index is 12.5. The van der Waals surface area contributed by atoms with E-state index in [0.717, 1.165) is 22.5 Å². The van der Waals surface area contributed by atoms with E-state index >= 15 is 0 Å². The number of carbonyl (C=O) groups is 1. The third kappa shape index (κ3) is 5.77. The monoisotopic (exact) mass is 446 g/mol. The first-order chi connectivity index (χ1) is 14.4. The van der Waals surface area contributed by atoms with Crippen LogP contribution in [0.3, 0.4) is 0 Å². The Labute approximate surface area is 179 Å². The van der Waals surface area contributed by atoms with E-state index in [-0.39, 0.29) is 6.54 Å². The van der Waals surface area contributed by atoms with Crippen molar-refractivity contribution in [3.8, 4) is 16.3 Å². The molecule has 1 heterocycles. The number of nitrogens with zero attached hydrogens (tertiary/aromatic N) is 3. The second-order valence-corrected chi connectivity index (χ2v) is 9.32. The number of carbonyl (C=O) groups excluding carboxylic acids is 1. The fourth-order valence-corrected chi connectivity index (χ4v) is 4.21. The summed E-state index contributed by atoms with van der Waals surface area (Å²) in [6, 6.07) is 16.0. The molecule has 0 saturated carbocycles. The first-order valence-corrected chi connectivity index (χ1v) is 11.9. The third-order valence-electron chi connectivity index (χ3n) is 3.98. The van der Waals surface area contributed by atoms with E-state index < -0.39 is 15.9 Å². The molecule has 1 amide bonds. The largest absolute Gasteiger partial charge is 0.494 e. The number of aromatic nitrogens is 2. The van der Waals surface area contributed by atoms with Gasteiger partial charge in [0.15, 0.2) is 0 Å². The van der Waals surface area contributed by atoms with Crippen molar-refractivity contribution in [1.29, 1.82) is 0 Å². The van der Waals surface area contributed by atoms with Gasteiger partial charge in [0, 0.05) is 5.56 Å². The van der Waals surface area contributed by atoms with Crippen molar-refractivity contribution < 1.29 is 17.9 Å². The first-order valence-electron chi connectivity index (χ1n) is 9.26. The summed E-state index contributed by atoms with van der Waals surface area (Å²) in [5.74, 6) is 0.128. The average Bonchev–Trinajstić information content (AvgIpc) is 3.19. The van der Waals surface area contributed by atoms with Crippen molar-refractivity contribution in [2.75, 3.05) is 29.0 Å². The van der Waals surface area contributed by atoms with Gasteiger partial charge in [-0.05, 0) is 30.7 Å². The van der Waals surface area contributed by atoms with Crippen molar-refractivity contribution in [2.45, 2.75) is 13.3 Å². The van der Waals surface area contributed by atoms with Crippen molar-refractivity contribution in [1.82, 2.24) is 10.2 Å². The molecule has 0 aliphatic carbocycles. The van der Waals surface area contributed by atoms with E-state index in [1.54, 1.807) is 24.3 Å². The van der Waals surface area contributed by atoms with Gasteiger partial charge < -0.3 is 4.74 Å². The highest BCUT2D eigenvalue weighted by Gasteiger charge is 2.22.